The molecule has 7 heteroatoms. The Bertz CT molecular complexity index is 998. The Balaban J connectivity index is 1.36. The summed E-state index contributed by atoms with van der Waals surface area (Å²) >= 11 is 0. The molecule has 0 aliphatic heterocycles. The third-order valence-corrected chi connectivity index (χ3v) is 4.53. The molecular weight excluding hydrogens is 354 g/mol. The van der Waals surface area contributed by atoms with Crippen LogP contribution in [0.25, 0.3) is 11.2 Å². The van der Waals surface area contributed by atoms with Crippen LogP contribution < -0.4 is 4.74 Å². The number of nitrogens with zero attached hydrogens (tertiary/aromatic N) is 5. The molecular formula is C21H23N5O2. The summed E-state index contributed by atoms with van der Waals surface area (Å²) in [4.78, 5) is 15.4. The molecule has 0 N–H and O–H groups in total. The molecule has 3 aromatic heterocycles. The lowest BCUT2D eigenvalue weighted by Crippen LogP contribution is -2.20. The Morgan fingerprint density at radius 3 is 2.79 bits per heavy atom. The van der Waals surface area contributed by atoms with Crippen LogP contribution in [0.3, 0.4) is 0 Å². The van der Waals surface area contributed by atoms with Gasteiger partial charge in [0.2, 0.25) is 5.88 Å². The van der Waals surface area contributed by atoms with Gasteiger partial charge in [-0.25, -0.2) is 9.97 Å². The van der Waals surface area contributed by atoms with Crippen LogP contribution in [0.1, 0.15) is 17.7 Å². The molecule has 0 aliphatic rings. The highest BCUT2D eigenvalue weighted by Crippen LogP contribution is 2.20. The fourth-order valence-electron chi connectivity index (χ4n) is 3.11. The number of rotatable bonds is 9. The number of fused-ring (bicyclic) bond motifs is 1. The fraction of sp³-hybridized carbons (Fsp3) is 0.286. The van der Waals surface area contributed by atoms with E-state index in [4.69, 9.17) is 9.15 Å². The predicted molar refractivity (Wildman–Crippen MR) is 106 cm³/mol. The Morgan fingerprint density at radius 2 is 1.96 bits per heavy atom. The highest BCUT2D eigenvalue weighted by Gasteiger charge is 2.12. The number of imidazole rings is 1. The average Bonchev–Trinajstić information content (AvgIpc) is 3.37. The zero-order valence-electron chi connectivity index (χ0n) is 15.9. The van der Waals surface area contributed by atoms with E-state index in [0.29, 0.717) is 18.0 Å². The van der Waals surface area contributed by atoms with E-state index in [-0.39, 0.29) is 0 Å². The van der Waals surface area contributed by atoms with Gasteiger partial charge in [-0.3, -0.25) is 4.90 Å². The van der Waals surface area contributed by atoms with Crippen LogP contribution >= 0.6 is 0 Å². The van der Waals surface area contributed by atoms with Crippen molar-refractivity contribution in [2.24, 2.45) is 0 Å². The van der Waals surface area contributed by atoms with Crippen LogP contribution in [0.4, 0.5) is 0 Å². The summed E-state index contributed by atoms with van der Waals surface area (Å²) in [6.07, 6.45) is 6.02. The maximum Gasteiger partial charge on any atom is 0.245 e. The number of furan rings is 1. The fourth-order valence-corrected chi connectivity index (χ4v) is 3.11. The second kappa shape index (κ2) is 8.67. The predicted octanol–water partition coefficient (Wildman–Crippen LogP) is 3.52. The normalized spacial score (nSPS) is 11.4. The first kappa shape index (κ1) is 18.2. The molecule has 0 saturated heterocycles. The molecule has 144 valence electrons. The van der Waals surface area contributed by atoms with Crippen molar-refractivity contribution in [3.8, 4) is 5.88 Å². The molecule has 0 radical (unpaired) electrons. The third kappa shape index (κ3) is 4.37. The van der Waals surface area contributed by atoms with Crippen molar-refractivity contribution in [3.05, 3.63) is 72.7 Å². The first-order valence-electron chi connectivity index (χ1n) is 9.33. The van der Waals surface area contributed by atoms with E-state index in [0.717, 1.165) is 43.0 Å². The number of hydrogen-bond acceptors (Lipinski definition) is 6. The van der Waals surface area contributed by atoms with Gasteiger partial charge < -0.3 is 13.7 Å². The van der Waals surface area contributed by atoms with Gasteiger partial charge in [-0.15, -0.1) is 0 Å². The molecule has 0 amide bonds. The van der Waals surface area contributed by atoms with Gasteiger partial charge in [0.15, 0.2) is 11.2 Å². The molecule has 0 fully saturated rings. The lowest BCUT2D eigenvalue weighted by Gasteiger charge is -2.15. The summed E-state index contributed by atoms with van der Waals surface area (Å²) < 4.78 is 13.3. The van der Waals surface area contributed by atoms with E-state index in [2.05, 4.69) is 26.9 Å². The second-order valence-electron chi connectivity index (χ2n) is 6.73. The molecule has 4 rings (SSSR count). The van der Waals surface area contributed by atoms with E-state index in [9.17, 15) is 0 Å². The minimum absolute atomic E-state index is 0.456. The molecule has 7 nitrogen and oxygen atoms in total. The van der Waals surface area contributed by atoms with Gasteiger partial charge in [-0.05, 0) is 31.2 Å². The number of ether oxygens (including phenoxy) is 1. The summed E-state index contributed by atoms with van der Waals surface area (Å²) in [5, 5.41) is 0. The monoisotopic (exact) mass is 377 g/mol. The van der Waals surface area contributed by atoms with Crippen molar-refractivity contribution >= 4 is 11.2 Å². The Labute approximate surface area is 163 Å². The first-order valence-corrected chi connectivity index (χ1v) is 9.33. The highest BCUT2D eigenvalue weighted by molar-refractivity contribution is 5.75. The van der Waals surface area contributed by atoms with Gasteiger partial charge in [0.25, 0.3) is 0 Å². The maximum absolute atomic E-state index is 5.87. The van der Waals surface area contributed by atoms with Crippen molar-refractivity contribution < 1.29 is 9.15 Å². The van der Waals surface area contributed by atoms with Crippen LogP contribution in [0.5, 0.6) is 5.88 Å². The van der Waals surface area contributed by atoms with Crippen LogP contribution in [-0.4, -0.2) is 38.0 Å². The summed E-state index contributed by atoms with van der Waals surface area (Å²) in [5.74, 6) is 1.49. The minimum Gasteiger partial charge on any atom is -0.471 e. The average molecular weight is 377 g/mol. The molecule has 0 bridgehead atoms. The Hall–Kier alpha value is -3.19. The summed E-state index contributed by atoms with van der Waals surface area (Å²) in [6.45, 7) is 3.03. The third-order valence-electron chi connectivity index (χ3n) is 4.53. The number of aromatic nitrogens is 4. The first-order chi connectivity index (χ1) is 13.8. The molecule has 4 aromatic rings. The largest absolute Gasteiger partial charge is 0.471 e. The molecule has 0 saturated carbocycles. The van der Waals surface area contributed by atoms with Crippen molar-refractivity contribution in [2.75, 3.05) is 13.6 Å². The molecule has 1 aromatic carbocycles. The maximum atomic E-state index is 5.87. The zero-order valence-corrected chi connectivity index (χ0v) is 15.9. The molecule has 0 unspecified atom stereocenters. The molecule has 0 aliphatic carbocycles. The molecule has 0 atom stereocenters. The van der Waals surface area contributed by atoms with E-state index in [1.54, 1.807) is 12.6 Å². The van der Waals surface area contributed by atoms with Crippen LogP contribution in [-0.2, 0) is 19.7 Å². The van der Waals surface area contributed by atoms with Gasteiger partial charge >= 0.3 is 0 Å². The van der Waals surface area contributed by atoms with Crippen LogP contribution in [0.2, 0.25) is 0 Å². The van der Waals surface area contributed by atoms with Crippen molar-refractivity contribution in [1.29, 1.82) is 0 Å². The molecule has 0 spiro atoms. The number of aryl methyl sites for hydroxylation is 1. The van der Waals surface area contributed by atoms with Crippen molar-refractivity contribution in [1.82, 2.24) is 24.4 Å². The smallest absolute Gasteiger partial charge is 0.245 e. The SMILES string of the molecule is CN(CCCn1cnc2c(OCc3ccccc3)ncnc21)Cc1ccco1. The van der Waals surface area contributed by atoms with E-state index >= 15 is 0 Å². The quantitative estimate of drug-likeness (QED) is 0.444. The topological polar surface area (TPSA) is 69.2 Å². The standard InChI is InChI=1S/C21H23N5O2/c1-25(13-18-9-5-12-27-18)10-6-11-26-16-24-19-20(26)22-15-23-21(19)28-14-17-7-3-2-4-8-17/h2-5,7-9,12,15-16H,6,10-11,13-14H2,1H3. The van der Waals surface area contributed by atoms with Gasteiger partial charge in [-0.1, -0.05) is 30.3 Å². The zero-order chi connectivity index (χ0) is 19.2. The Kier molecular flexibility index (Phi) is 5.63. The number of benzene rings is 1. The van der Waals surface area contributed by atoms with E-state index < -0.39 is 0 Å². The molecule has 3 heterocycles. The van der Waals surface area contributed by atoms with Crippen molar-refractivity contribution in [2.45, 2.75) is 26.1 Å². The minimum atomic E-state index is 0.456. The second-order valence-corrected chi connectivity index (χ2v) is 6.73. The lowest BCUT2D eigenvalue weighted by atomic mass is 10.2. The van der Waals surface area contributed by atoms with Crippen LogP contribution in [0.15, 0.2) is 65.8 Å². The number of hydrogen-bond donors (Lipinski definition) is 0. The summed E-state index contributed by atoms with van der Waals surface area (Å²) in [7, 11) is 2.09. The summed E-state index contributed by atoms with van der Waals surface area (Å²) in [6, 6.07) is 13.9. The van der Waals surface area contributed by atoms with Gasteiger partial charge in [0, 0.05) is 13.1 Å². The highest BCUT2D eigenvalue weighted by atomic mass is 16.5. The molecule has 28 heavy (non-hydrogen) atoms. The summed E-state index contributed by atoms with van der Waals surface area (Å²) in [5.41, 5.74) is 2.59. The van der Waals surface area contributed by atoms with Gasteiger partial charge in [0.05, 0.1) is 19.1 Å². The van der Waals surface area contributed by atoms with Gasteiger partial charge in [-0.2, -0.15) is 4.98 Å². The van der Waals surface area contributed by atoms with Gasteiger partial charge in [0.1, 0.15) is 18.7 Å². The van der Waals surface area contributed by atoms with Crippen LogP contribution in [0, 0.1) is 0 Å². The van der Waals surface area contributed by atoms with E-state index in [1.807, 2.05) is 47.0 Å². The Morgan fingerprint density at radius 1 is 1.07 bits per heavy atom. The lowest BCUT2D eigenvalue weighted by molar-refractivity contribution is 0.286. The van der Waals surface area contributed by atoms with E-state index in [1.165, 1.54) is 6.33 Å². The van der Waals surface area contributed by atoms with Crippen molar-refractivity contribution in [3.63, 3.8) is 0 Å².